The third-order valence-corrected chi connectivity index (χ3v) is 1.74. The van der Waals surface area contributed by atoms with Crippen LogP contribution in [0.2, 0.25) is 5.15 Å². The molecule has 1 heterocycles. The van der Waals surface area contributed by atoms with Gasteiger partial charge in [-0.25, -0.2) is 0 Å². The zero-order valence-electron chi connectivity index (χ0n) is 6.08. The SMILES string of the molecule is CC(N)C(O)c1cn[nH]c1Cl. The number of hydrogen-bond donors (Lipinski definition) is 3. The Bertz CT molecular complexity index is 235. The first-order valence-electron chi connectivity index (χ1n) is 3.25. The van der Waals surface area contributed by atoms with E-state index >= 15 is 0 Å². The molecule has 0 amide bonds. The predicted octanol–water partition coefficient (Wildman–Crippen LogP) is 0.444. The fourth-order valence-corrected chi connectivity index (χ4v) is 0.979. The first kappa shape index (κ1) is 8.52. The normalized spacial score (nSPS) is 16.4. The average Bonchev–Trinajstić information content (AvgIpc) is 2.33. The Labute approximate surface area is 69.4 Å². The highest BCUT2D eigenvalue weighted by molar-refractivity contribution is 6.30. The Morgan fingerprint density at radius 2 is 2.45 bits per heavy atom. The molecule has 62 valence electrons. The fraction of sp³-hybridized carbons (Fsp3) is 0.500. The number of H-pyrrole nitrogens is 1. The summed E-state index contributed by atoms with van der Waals surface area (Å²) in [6.45, 7) is 1.70. The van der Waals surface area contributed by atoms with Crippen molar-refractivity contribution < 1.29 is 5.11 Å². The van der Waals surface area contributed by atoms with Crippen LogP contribution in [0.15, 0.2) is 6.20 Å². The quantitative estimate of drug-likeness (QED) is 0.611. The van der Waals surface area contributed by atoms with E-state index in [4.69, 9.17) is 17.3 Å². The van der Waals surface area contributed by atoms with Gasteiger partial charge in [0.05, 0.1) is 12.3 Å². The summed E-state index contributed by atoms with van der Waals surface area (Å²) >= 11 is 5.65. The van der Waals surface area contributed by atoms with Crippen LogP contribution < -0.4 is 5.73 Å². The third-order valence-electron chi connectivity index (χ3n) is 1.44. The molecule has 0 aromatic carbocycles. The summed E-state index contributed by atoms with van der Waals surface area (Å²) in [5, 5.41) is 15.9. The monoisotopic (exact) mass is 175 g/mol. The molecule has 0 radical (unpaired) electrons. The standard InChI is InChI=1S/C6H10ClN3O/c1-3(8)5(11)4-2-9-10-6(4)7/h2-3,5,11H,8H2,1H3,(H,9,10). The van der Waals surface area contributed by atoms with Crippen LogP contribution in [0.3, 0.4) is 0 Å². The third kappa shape index (κ3) is 1.71. The van der Waals surface area contributed by atoms with Crippen LogP contribution in [0, 0.1) is 0 Å². The minimum Gasteiger partial charge on any atom is -0.387 e. The van der Waals surface area contributed by atoms with Gasteiger partial charge in [-0.3, -0.25) is 5.10 Å². The number of rotatable bonds is 2. The number of aliphatic hydroxyl groups is 1. The molecule has 0 fully saturated rings. The van der Waals surface area contributed by atoms with E-state index in [1.54, 1.807) is 6.92 Å². The highest BCUT2D eigenvalue weighted by Gasteiger charge is 2.16. The minimum atomic E-state index is -0.749. The molecule has 0 saturated carbocycles. The molecular weight excluding hydrogens is 166 g/mol. The van der Waals surface area contributed by atoms with Crippen molar-refractivity contribution in [2.45, 2.75) is 19.1 Å². The van der Waals surface area contributed by atoms with E-state index in [9.17, 15) is 5.11 Å². The Morgan fingerprint density at radius 3 is 2.82 bits per heavy atom. The van der Waals surface area contributed by atoms with Gasteiger partial charge in [0.25, 0.3) is 0 Å². The molecule has 0 saturated heterocycles. The van der Waals surface area contributed by atoms with Crippen molar-refractivity contribution >= 4 is 11.6 Å². The smallest absolute Gasteiger partial charge is 0.130 e. The van der Waals surface area contributed by atoms with E-state index in [0.29, 0.717) is 10.7 Å². The average molecular weight is 176 g/mol. The molecule has 2 unspecified atom stereocenters. The maximum Gasteiger partial charge on any atom is 0.130 e. The lowest BCUT2D eigenvalue weighted by Crippen LogP contribution is -2.24. The van der Waals surface area contributed by atoms with Crippen LogP contribution in [-0.4, -0.2) is 21.3 Å². The van der Waals surface area contributed by atoms with E-state index in [-0.39, 0.29) is 6.04 Å². The van der Waals surface area contributed by atoms with Gasteiger partial charge in [-0.05, 0) is 6.92 Å². The number of aromatic nitrogens is 2. The Balaban J connectivity index is 2.84. The highest BCUT2D eigenvalue weighted by Crippen LogP contribution is 2.21. The topological polar surface area (TPSA) is 74.9 Å². The van der Waals surface area contributed by atoms with Crippen molar-refractivity contribution in [3.8, 4) is 0 Å². The summed E-state index contributed by atoms with van der Waals surface area (Å²) in [5.74, 6) is 0. The number of aromatic amines is 1. The van der Waals surface area contributed by atoms with E-state index in [1.807, 2.05) is 0 Å². The highest BCUT2D eigenvalue weighted by atomic mass is 35.5. The fourth-order valence-electron chi connectivity index (χ4n) is 0.769. The summed E-state index contributed by atoms with van der Waals surface area (Å²) in [6.07, 6.45) is 0.720. The van der Waals surface area contributed by atoms with Crippen molar-refractivity contribution in [3.63, 3.8) is 0 Å². The number of nitrogens with one attached hydrogen (secondary N) is 1. The van der Waals surface area contributed by atoms with Gasteiger partial charge in [0, 0.05) is 11.6 Å². The molecule has 0 spiro atoms. The minimum absolute atomic E-state index is 0.342. The molecule has 0 bridgehead atoms. The zero-order valence-corrected chi connectivity index (χ0v) is 6.84. The molecule has 11 heavy (non-hydrogen) atoms. The van der Waals surface area contributed by atoms with Crippen molar-refractivity contribution in [1.82, 2.24) is 10.2 Å². The number of nitrogens with zero attached hydrogens (tertiary/aromatic N) is 1. The van der Waals surface area contributed by atoms with Crippen molar-refractivity contribution in [2.75, 3.05) is 0 Å². The van der Waals surface area contributed by atoms with Crippen LogP contribution in [0.5, 0.6) is 0 Å². The number of hydrogen-bond acceptors (Lipinski definition) is 3. The lowest BCUT2D eigenvalue weighted by molar-refractivity contribution is 0.153. The van der Waals surface area contributed by atoms with Crippen LogP contribution in [0.25, 0.3) is 0 Å². The lowest BCUT2D eigenvalue weighted by Gasteiger charge is -2.12. The maximum atomic E-state index is 9.40. The van der Waals surface area contributed by atoms with Crippen LogP contribution in [0.1, 0.15) is 18.6 Å². The molecule has 1 aromatic rings. The molecule has 2 atom stereocenters. The van der Waals surface area contributed by atoms with Gasteiger partial charge in [-0.2, -0.15) is 5.10 Å². The maximum absolute atomic E-state index is 9.40. The summed E-state index contributed by atoms with van der Waals surface area (Å²) in [6, 6.07) is -0.343. The Morgan fingerprint density at radius 1 is 1.82 bits per heavy atom. The van der Waals surface area contributed by atoms with E-state index < -0.39 is 6.10 Å². The first-order valence-corrected chi connectivity index (χ1v) is 3.63. The molecule has 1 rings (SSSR count). The lowest BCUT2D eigenvalue weighted by atomic mass is 10.1. The van der Waals surface area contributed by atoms with Gasteiger partial charge in [0.15, 0.2) is 0 Å². The molecule has 4 nitrogen and oxygen atoms in total. The van der Waals surface area contributed by atoms with Gasteiger partial charge in [-0.1, -0.05) is 11.6 Å². The molecule has 1 aromatic heterocycles. The summed E-state index contributed by atoms with van der Waals surface area (Å²) in [7, 11) is 0. The first-order chi connectivity index (χ1) is 5.13. The summed E-state index contributed by atoms with van der Waals surface area (Å²) in [4.78, 5) is 0. The van der Waals surface area contributed by atoms with Crippen molar-refractivity contribution in [2.24, 2.45) is 5.73 Å². The van der Waals surface area contributed by atoms with Gasteiger partial charge in [0.1, 0.15) is 5.15 Å². The summed E-state index contributed by atoms with van der Waals surface area (Å²) < 4.78 is 0. The zero-order chi connectivity index (χ0) is 8.43. The second kappa shape index (κ2) is 3.21. The largest absolute Gasteiger partial charge is 0.387 e. The molecule has 0 aliphatic rings. The van der Waals surface area contributed by atoms with E-state index in [0.717, 1.165) is 0 Å². The molecule has 0 aliphatic heterocycles. The van der Waals surface area contributed by atoms with Gasteiger partial charge < -0.3 is 10.8 Å². The molecule has 0 aliphatic carbocycles. The molecule has 5 heteroatoms. The van der Waals surface area contributed by atoms with E-state index in [1.165, 1.54) is 6.20 Å². The second-order valence-corrected chi connectivity index (χ2v) is 2.82. The Hall–Kier alpha value is -0.580. The summed E-state index contributed by atoms with van der Waals surface area (Å²) in [5.41, 5.74) is 5.99. The number of aliphatic hydroxyl groups excluding tert-OH is 1. The van der Waals surface area contributed by atoms with Gasteiger partial charge >= 0.3 is 0 Å². The van der Waals surface area contributed by atoms with Crippen LogP contribution in [-0.2, 0) is 0 Å². The molecular formula is C6H10ClN3O. The Kier molecular flexibility index (Phi) is 2.49. The van der Waals surface area contributed by atoms with Crippen LogP contribution in [0.4, 0.5) is 0 Å². The molecule has 4 N–H and O–H groups in total. The van der Waals surface area contributed by atoms with Crippen molar-refractivity contribution in [3.05, 3.63) is 16.9 Å². The van der Waals surface area contributed by atoms with E-state index in [2.05, 4.69) is 10.2 Å². The van der Waals surface area contributed by atoms with Gasteiger partial charge in [-0.15, -0.1) is 0 Å². The van der Waals surface area contributed by atoms with Crippen LogP contribution >= 0.6 is 11.6 Å². The predicted molar refractivity (Wildman–Crippen MR) is 42.2 cm³/mol. The second-order valence-electron chi connectivity index (χ2n) is 2.44. The van der Waals surface area contributed by atoms with Gasteiger partial charge in [0.2, 0.25) is 0 Å². The number of halogens is 1. The number of nitrogens with two attached hydrogens (primary N) is 1. The van der Waals surface area contributed by atoms with Crippen molar-refractivity contribution in [1.29, 1.82) is 0 Å².